The normalized spacial score (nSPS) is 31.8. The molecule has 0 aliphatic heterocycles. The van der Waals surface area contributed by atoms with Crippen molar-refractivity contribution in [1.82, 2.24) is 0 Å². The molecule has 2 aliphatic carbocycles. The quantitative estimate of drug-likeness (QED) is 0.715. The molecule has 0 bridgehead atoms. The highest BCUT2D eigenvalue weighted by Crippen LogP contribution is 2.36. The molecule has 0 saturated heterocycles. The number of ether oxygens (including phenoxy) is 2. The molecule has 118 valence electrons. The first-order valence-electron chi connectivity index (χ1n) is 8.41. The van der Waals surface area contributed by atoms with E-state index in [0.717, 1.165) is 25.7 Å². The molecule has 4 nitrogen and oxygen atoms in total. The van der Waals surface area contributed by atoms with Gasteiger partial charge in [0.2, 0.25) is 0 Å². The zero-order valence-corrected chi connectivity index (χ0v) is 13.4. The number of nitrogens with zero attached hydrogens (tertiary/aromatic N) is 2. The van der Waals surface area contributed by atoms with Crippen LogP contribution in [0.5, 0.6) is 0 Å². The third-order valence-electron chi connectivity index (χ3n) is 4.57. The summed E-state index contributed by atoms with van der Waals surface area (Å²) in [6.07, 6.45) is 14.1. The van der Waals surface area contributed by atoms with E-state index in [1.54, 1.807) is 0 Å². The third-order valence-corrected chi connectivity index (χ3v) is 4.57. The molecule has 0 radical (unpaired) electrons. The SMILES string of the molecule is CC.N#COC1CCCC(CC2CCCC(OC#N)C2)C1. The van der Waals surface area contributed by atoms with E-state index in [1.165, 1.54) is 32.1 Å². The average molecular weight is 292 g/mol. The molecule has 2 fully saturated rings. The molecule has 0 aromatic rings. The summed E-state index contributed by atoms with van der Waals surface area (Å²) in [6, 6.07) is 0. The fraction of sp³-hybridized carbons (Fsp3) is 0.882. The van der Waals surface area contributed by atoms with Gasteiger partial charge in [0, 0.05) is 0 Å². The Hall–Kier alpha value is -1.42. The van der Waals surface area contributed by atoms with Crippen LogP contribution in [0, 0.1) is 34.9 Å². The van der Waals surface area contributed by atoms with Crippen LogP contribution in [0.15, 0.2) is 0 Å². The Morgan fingerprint density at radius 3 is 1.62 bits per heavy atom. The minimum atomic E-state index is 0.137. The zero-order chi connectivity index (χ0) is 15.5. The van der Waals surface area contributed by atoms with E-state index in [9.17, 15) is 0 Å². The van der Waals surface area contributed by atoms with Crippen molar-refractivity contribution in [2.45, 2.75) is 83.8 Å². The van der Waals surface area contributed by atoms with Crippen LogP contribution in [-0.4, -0.2) is 12.2 Å². The molecular formula is C17H28N2O2. The van der Waals surface area contributed by atoms with Crippen molar-refractivity contribution in [2.75, 3.05) is 0 Å². The predicted molar refractivity (Wildman–Crippen MR) is 80.9 cm³/mol. The van der Waals surface area contributed by atoms with Gasteiger partial charge in [0.25, 0.3) is 12.5 Å². The monoisotopic (exact) mass is 292 g/mol. The smallest absolute Gasteiger partial charge is 0.286 e. The Morgan fingerprint density at radius 2 is 1.24 bits per heavy atom. The first kappa shape index (κ1) is 17.6. The second-order valence-electron chi connectivity index (χ2n) is 5.96. The molecule has 0 amide bonds. The standard InChI is InChI=1S/C15H22N2O2.C2H6/c16-10-18-14-5-1-3-12(8-14)7-13-4-2-6-15(9-13)19-11-17;1-2/h12-15H,1-9H2;1-2H3. The molecule has 4 unspecified atom stereocenters. The van der Waals surface area contributed by atoms with Gasteiger partial charge in [-0.15, -0.1) is 0 Å². The van der Waals surface area contributed by atoms with Crippen molar-refractivity contribution in [3.63, 3.8) is 0 Å². The van der Waals surface area contributed by atoms with Gasteiger partial charge in [-0.3, -0.25) is 0 Å². The lowest BCUT2D eigenvalue weighted by molar-refractivity contribution is 0.0613. The number of rotatable bonds is 4. The van der Waals surface area contributed by atoms with Crippen molar-refractivity contribution < 1.29 is 9.47 Å². The Kier molecular flexibility index (Phi) is 8.67. The lowest BCUT2D eigenvalue weighted by atomic mass is 9.76. The van der Waals surface area contributed by atoms with Gasteiger partial charge in [-0.25, -0.2) is 0 Å². The molecule has 4 heteroatoms. The van der Waals surface area contributed by atoms with E-state index in [4.69, 9.17) is 20.0 Å². The fourth-order valence-corrected chi connectivity index (χ4v) is 3.75. The third kappa shape index (κ3) is 6.25. The van der Waals surface area contributed by atoms with Gasteiger partial charge in [0.1, 0.15) is 12.2 Å². The van der Waals surface area contributed by atoms with Crippen LogP contribution in [0.25, 0.3) is 0 Å². The van der Waals surface area contributed by atoms with Gasteiger partial charge in [-0.1, -0.05) is 26.7 Å². The number of hydrogen-bond donors (Lipinski definition) is 0. The predicted octanol–water partition coefficient (Wildman–Crippen LogP) is 4.52. The summed E-state index contributed by atoms with van der Waals surface area (Å²) in [5.41, 5.74) is 0. The van der Waals surface area contributed by atoms with Crippen LogP contribution >= 0.6 is 0 Å². The molecule has 2 aliphatic rings. The highest BCUT2D eigenvalue weighted by molar-refractivity contribution is 4.81. The summed E-state index contributed by atoms with van der Waals surface area (Å²) in [6.45, 7) is 4.00. The van der Waals surface area contributed by atoms with Crippen molar-refractivity contribution in [3.8, 4) is 12.5 Å². The van der Waals surface area contributed by atoms with E-state index in [0.29, 0.717) is 11.8 Å². The van der Waals surface area contributed by atoms with Crippen LogP contribution in [0.2, 0.25) is 0 Å². The van der Waals surface area contributed by atoms with Gasteiger partial charge in [-0.2, -0.15) is 10.5 Å². The summed E-state index contributed by atoms with van der Waals surface area (Å²) in [5, 5.41) is 17.2. The Bertz CT molecular complexity index is 325. The van der Waals surface area contributed by atoms with E-state index >= 15 is 0 Å². The molecule has 0 heterocycles. The summed E-state index contributed by atoms with van der Waals surface area (Å²) >= 11 is 0. The van der Waals surface area contributed by atoms with Crippen LogP contribution in [-0.2, 0) is 9.47 Å². The van der Waals surface area contributed by atoms with E-state index in [-0.39, 0.29) is 12.2 Å². The minimum Gasteiger partial charge on any atom is -0.424 e. The molecule has 0 spiro atoms. The number of nitriles is 2. The topological polar surface area (TPSA) is 66.0 Å². The second-order valence-corrected chi connectivity index (χ2v) is 5.96. The maximum atomic E-state index is 8.60. The summed E-state index contributed by atoms with van der Waals surface area (Å²) in [4.78, 5) is 0. The van der Waals surface area contributed by atoms with Crippen LogP contribution in [0.4, 0.5) is 0 Å². The van der Waals surface area contributed by atoms with Crippen LogP contribution < -0.4 is 0 Å². The highest BCUT2D eigenvalue weighted by Gasteiger charge is 2.29. The molecule has 0 N–H and O–H groups in total. The maximum Gasteiger partial charge on any atom is 0.286 e. The van der Waals surface area contributed by atoms with Gasteiger partial charge < -0.3 is 9.47 Å². The van der Waals surface area contributed by atoms with E-state index < -0.39 is 0 Å². The molecule has 21 heavy (non-hydrogen) atoms. The summed E-state index contributed by atoms with van der Waals surface area (Å²) < 4.78 is 10.2. The van der Waals surface area contributed by atoms with Crippen molar-refractivity contribution in [1.29, 1.82) is 10.5 Å². The maximum absolute atomic E-state index is 8.60. The molecular weight excluding hydrogens is 264 g/mol. The van der Waals surface area contributed by atoms with Gasteiger partial charge >= 0.3 is 0 Å². The summed E-state index contributed by atoms with van der Waals surface area (Å²) in [5.74, 6) is 1.36. The lowest BCUT2D eigenvalue weighted by Gasteiger charge is -2.33. The second kappa shape index (κ2) is 10.3. The molecule has 2 saturated carbocycles. The van der Waals surface area contributed by atoms with E-state index in [1.807, 2.05) is 26.4 Å². The summed E-state index contributed by atoms with van der Waals surface area (Å²) in [7, 11) is 0. The van der Waals surface area contributed by atoms with Crippen LogP contribution in [0.3, 0.4) is 0 Å². The molecule has 0 aromatic heterocycles. The number of hydrogen-bond acceptors (Lipinski definition) is 4. The zero-order valence-electron chi connectivity index (χ0n) is 13.4. The minimum absolute atomic E-state index is 0.137. The van der Waals surface area contributed by atoms with Gasteiger partial charge in [0.05, 0.1) is 0 Å². The Morgan fingerprint density at radius 1 is 0.810 bits per heavy atom. The van der Waals surface area contributed by atoms with Crippen molar-refractivity contribution >= 4 is 0 Å². The molecule has 2 rings (SSSR count). The Balaban J connectivity index is 0.00000106. The lowest BCUT2D eigenvalue weighted by Crippen LogP contribution is -2.27. The largest absolute Gasteiger partial charge is 0.424 e. The van der Waals surface area contributed by atoms with Gasteiger partial charge in [-0.05, 0) is 56.8 Å². The molecule has 4 atom stereocenters. The fourth-order valence-electron chi connectivity index (χ4n) is 3.75. The molecule has 0 aromatic carbocycles. The first-order chi connectivity index (χ1) is 10.3. The Labute approximate surface area is 129 Å². The average Bonchev–Trinajstić information content (AvgIpc) is 2.51. The van der Waals surface area contributed by atoms with Gasteiger partial charge in [0.15, 0.2) is 0 Å². The first-order valence-corrected chi connectivity index (χ1v) is 8.41. The van der Waals surface area contributed by atoms with Crippen molar-refractivity contribution in [3.05, 3.63) is 0 Å². The highest BCUT2D eigenvalue weighted by atomic mass is 16.5. The van der Waals surface area contributed by atoms with E-state index in [2.05, 4.69) is 0 Å². The van der Waals surface area contributed by atoms with Crippen molar-refractivity contribution in [2.24, 2.45) is 11.8 Å². The van der Waals surface area contributed by atoms with Crippen LogP contribution in [0.1, 0.15) is 71.6 Å².